The van der Waals surface area contributed by atoms with Gasteiger partial charge in [-0.3, -0.25) is 4.40 Å². The summed E-state index contributed by atoms with van der Waals surface area (Å²) in [7, 11) is 0. The van der Waals surface area contributed by atoms with Gasteiger partial charge in [-0.25, -0.2) is 9.48 Å². The number of benzene rings is 1. The normalized spacial score (nSPS) is 10.8. The van der Waals surface area contributed by atoms with Gasteiger partial charge in [-0.2, -0.15) is 5.10 Å². The molecule has 2 heterocycles. The van der Waals surface area contributed by atoms with Crippen molar-refractivity contribution in [3.05, 3.63) is 70.9 Å². The third-order valence-electron chi connectivity index (χ3n) is 2.71. The van der Waals surface area contributed by atoms with Crippen LogP contribution in [-0.2, 0) is 6.54 Å². The summed E-state index contributed by atoms with van der Waals surface area (Å²) >= 11 is 0. The largest absolute Gasteiger partial charge is 0.349 e. The first kappa shape index (κ1) is 9.84. The van der Waals surface area contributed by atoms with E-state index >= 15 is 0 Å². The van der Waals surface area contributed by atoms with Gasteiger partial charge in [0.2, 0.25) is 0 Å². The Hall–Kier alpha value is -2.36. The molecule has 1 aromatic carbocycles. The Morgan fingerprint density at radius 2 is 1.88 bits per heavy atom. The minimum atomic E-state index is -0.114. The van der Waals surface area contributed by atoms with Crippen LogP contribution in [0.15, 0.2) is 59.7 Å². The van der Waals surface area contributed by atoms with E-state index in [0.717, 1.165) is 11.1 Å². The van der Waals surface area contributed by atoms with Crippen LogP contribution in [0.1, 0.15) is 5.56 Å². The minimum absolute atomic E-state index is 0.114. The second-order valence-corrected chi connectivity index (χ2v) is 3.87. The molecule has 0 radical (unpaired) electrons. The molecule has 0 fully saturated rings. The molecule has 0 unspecified atom stereocenters. The zero-order valence-electron chi connectivity index (χ0n) is 9.15. The molecule has 17 heavy (non-hydrogen) atoms. The first-order valence-corrected chi connectivity index (χ1v) is 5.42. The number of fused-ring (bicyclic) bond motifs is 1. The number of aromatic nitrogens is 3. The van der Waals surface area contributed by atoms with Crippen LogP contribution in [0.2, 0.25) is 0 Å². The first-order valence-electron chi connectivity index (χ1n) is 5.42. The molecule has 0 aliphatic carbocycles. The Kier molecular flexibility index (Phi) is 2.26. The standard InChI is InChI=1S/C13H11N3O/c17-13-15-8-4-7-12(15)9-14-16(13)10-11-5-2-1-3-6-11/h1-9H,10H2. The Morgan fingerprint density at radius 3 is 2.71 bits per heavy atom. The summed E-state index contributed by atoms with van der Waals surface area (Å²) in [6.45, 7) is 0.494. The lowest BCUT2D eigenvalue weighted by molar-refractivity contribution is 0.608. The second-order valence-electron chi connectivity index (χ2n) is 3.87. The lowest BCUT2D eigenvalue weighted by Crippen LogP contribution is -2.28. The van der Waals surface area contributed by atoms with Crippen LogP contribution in [0.3, 0.4) is 0 Å². The van der Waals surface area contributed by atoms with E-state index in [-0.39, 0.29) is 5.69 Å². The van der Waals surface area contributed by atoms with Crippen molar-refractivity contribution in [1.29, 1.82) is 0 Å². The molecule has 4 heteroatoms. The fourth-order valence-electron chi connectivity index (χ4n) is 1.84. The highest BCUT2D eigenvalue weighted by atomic mass is 16.2. The van der Waals surface area contributed by atoms with Crippen LogP contribution in [-0.4, -0.2) is 14.2 Å². The van der Waals surface area contributed by atoms with Crippen molar-refractivity contribution in [2.24, 2.45) is 0 Å². The fraction of sp³-hybridized carbons (Fsp3) is 0.0769. The van der Waals surface area contributed by atoms with Gasteiger partial charge in [-0.05, 0) is 17.7 Å². The summed E-state index contributed by atoms with van der Waals surface area (Å²) in [5, 5.41) is 4.16. The Morgan fingerprint density at radius 1 is 1.06 bits per heavy atom. The van der Waals surface area contributed by atoms with E-state index in [1.807, 2.05) is 42.5 Å². The number of nitrogens with zero attached hydrogens (tertiary/aromatic N) is 3. The summed E-state index contributed by atoms with van der Waals surface area (Å²) in [6.07, 6.45) is 3.45. The SMILES string of the molecule is O=c1n(Cc2ccccc2)ncc2cccn12. The molecular weight excluding hydrogens is 214 g/mol. The molecule has 4 nitrogen and oxygen atoms in total. The summed E-state index contributed by atoms with van der Waals surface area (Å²) in [4.78, 5) is 12.1. The second kappa shape index (κ2) is 3.90. The Bertz CT molecular complexity index is 697. The van der Waals surface area contributed by atoms with Crippen LogP contribution in [0.4, 0.5) is 0 Å². The molecular formula is C13H11N3O. The summed E-state index contributed by atoms with van der Waals surface area (Å²) in [5.41, 5.74) is 1.77. The Balaban J connectivity index is 2.07. The molecule has 3 rings (SSSR count). The molecule has 0 saturated carbocycles. The zero-order chi connectivity index (χ0) is 11.7. The van der Waals surface area contributed by atoms with Gasteiger partial charge in [0.15, 0.2) is 0 Å². The van der Waals surface area contributed by atoms with Crippen molar-refractivity contribution in [2.75, 3.05) is 0 Å². The molecule has 0 atom stereocenters. The first-order chi connectivity index (χ1) is 8.34. The van der Waals surface area contributed by atoms with Gasteiger partial charge >= 0.3 is 5.69 Å². The van der Waals surface area contributed by atoms with Gasteiger partial charge < -0.3 is 0 Å². The maximum absolute atomic E-state index is 12.1. The summed E-state index contributed by atoms with van der Waals surface area (Å²) in [6, 6.07) is 13.5. The third-order valence-corrected chi connectivity index (χ3v) is 2.71. The van der Waals surface area contributed by atoms with E-state index in [4.69, 9.17) is 0 Å². The van der Waals surface area contributed by atoms with E-state index in [1.165, 1.54) is 4.68 Å². The fourth-order valence-corrected chi connectivity index (χ4v) is 1.84. The quantitative estimate of drug-likeness (QED) is 0.663. The van der Waals surface area contributed by atoms with E-state index in [9.17, 15) is 4.79 Å². The molecule has 0 aliphatic heterocycles. The van der Waals surface area contributed by atoms with Crippen LogP contribution in [0.5, 0.6) is 0 Å². The van der Waals surface area contributed by atoms with E-state index < -0.39 is 0 Å². The van der Waals surface area contributed by atoms with Crippen molar-refractivity contribution in [3.63, 3.8) is 0 Å². The maximum atomic E-state index is 12.1. The van der Waals surface area contributed by atoms with Crippen molar-refractivity contribution in [3.8, 4) is 0 Å². The minimum Gasteiger partial charge on any atom is -0.267 e. The molecule has 84 valence electrons. The summed E-state index contributed by atoms with van der Waals surface area (Å²) in [5.74, 6) is 0. The lowest BCUT2D eigenvalue weighted by Gasteiger charge is -2.04. The van der Waals surface area contributed by atoms with Gasteiger partial charge in [-0.1, -0.05) is 30.3 Å². The van der Waals surface area contributed by atoms with Crippen LogP contribution in [0, 0.1) is 0 Å². The Labute approximate surface area is 97.8 Å². The maximum Gasteiger partial charge on any atom is 0.349 e. The molecule has 0 spiro atoms. The van der Waals surface area contributed by atoms with Crippen molar-refractivity contribution in [2.45, 2.75) is 6.54 Å². The van der Waals surface area contributed by atoms with Gasteiger partial charge in [0.25, 0.3) is 0 Å². The highest BCUT2D eigenvalue weighted by molar-refractivity contribution is 5.43. The monoisotopic (exact) mass is 225 g/mol. The smallest absolute Gasteiger partial charge is 0.267 e. The summed E-state index contributed by atoms with van der Waals surface area (Å²) < 4.78 is 3.05. The van der Waals surface area contributed by atoms with Crippen molar-refractivity contribution < 1.29 is 0 Å². The molecule has 0 N–H and O–H groups in total. The molecule has 0 bridgehead atoms. The van der Waals surface area contributed by atoms with E-state index in [2.05, 4.69) is 5.10 Å². The molecule has 0 aliphatic rings. The predicted octanol–water partition coefficient (Wildman–Crippen LogP) is 1.54. The number of hydrogen-bond donors (Lipinski definition) is 0. The molecule has 0 amide bonds. The lowest BCUT2D eigenvalue weighted by atomic mass is 10.2. The van der Waals surface area contributed by atoms with Crippen LogP contribution in [0.25, 0.3) is 5.52 Å². The predicted molar refractivity (Wildman–Crippen MR) is 65.0 cm³/mol. The average molecular weight is 225 g/mol. The number of rotatable bonds is 2. The van der Waals surface area contributed by atoms with Gasteiger partial charge in [0.05, 0.1) is 18.3 Å². The number of hydrogen-bond acceptors (Lipinski definition) is 2. The highest BCUT2D eigenvalue weighted by Crippen LogP contribution is 2.01. The topological polar surface area (TPSA) is 39.3 Å². The third kappa shape index (κ3) is 1.73. The zero-order valence-corrected chi connectivity index (χ0v) is 9.15. The molecule has 2 aromatic heterocycles. The van der Waals surface area contributed by atoms with E-state index in [0.29, 0.717) is 6.54 Å². The van der Waals surface area contributed by atoms with Crippen LogP contribution < -0.4 is 5.69 Å². The van der Waals surface area contributed by atoms with Crippen molar-refractivity contribution in [1.82, 2.24) is 14.2 Å². The van der Waals surface area contributed by atoms with Crippen LogP contribution >= 0.6 is 0 Å². The molecule has 0 saturated heterocycles. The average Bonchev–Trinajstić information content (AvgIpc) is 2.83. The van der Waals surface area contributed by atoms with E-state index in [1.54, 1.807) is 16.8 Å². The van der Waals surface area contributed by atoms with Gasteiger partial charge in [0, 0.05) is 6.20 Å². The van der Waals surface area contributed by atoms with Gasteiger partial charge in [0.1, 0.15) is 0 Å². The highest BCUT2D eigenvalue weighted by Gasteiger charge is 2.02. The van der Waals surface area contributed by atoms with Crippen molar-refractivity contribution >= 4 is 5.52 Å². The van der Waals surface area contributed by atoms with Gasteiger partial charge in [-0.15, -0.1) is 0 Å². The molecule has 3 aromatic rings.